The maximum Gasteiger partial charge on any atom is 0.416 e. The van der Waals surface area contributed by atoms with Crippen LogP contribution in [-0.4, -0.2) is 41.1 Å². The lowest BCUT2D eigenvalue weighted by atomic mass is 9.67. The van der Waals surface area contributed by atoms with E-state index >= 15 is 0 Å². The number of alkyl halides is 3. The normalized spacial score (nSPS) is 26.5. The minimum Gasteiger partial charge on any atom is -0.460 e. The van der Waals surface area contributed by atoms with Gasteiger partial charge in [0.15, 0.2) is 0 Å². The van der Waals surface area contributed by atoms with Gasteiger partial charge in [-0.2, -0.15) is 13.2 Å². The van der Waals surface area contributed by atoms with E-state index in [9.17, 15) is 18.0 Å². The Kier molecular flexibility index (Phi) is 6.91. The highest BCUT2D eigenvalue weighted by Crippen LogP contribution is 2.48. The molecular weight excluding hydrogens is 477 g/mol. The molecule has 37 heavy (non-hydrogen) atoms. The number of nitrogens with one attached hydrogen (secondary N) is 1. The fraction of sp³-hybridized carbons (Fsp3) is 0.700. The van der Waals surface area contributed by atoms with E-state index in [1.807, 2.05) is 20.8 Å². The number of esters is 1. The largest absolute Gasteiger partial charge is 0.460 e. The first-order valence-electron chi connectivity index (χ1n) is 14.0. The van der Waals surface area contributed by atoms with Crippen LogP contribution in [0.4, 0.5) is 13.2 Å². The Morgan fingerprint density at radius 1 is 1.16 bits per heavy atom. The van der Waals surface area contributed by atoms with Crippen molar-refractivity contribution in [3.63, 3.8) is 0 Å². The van der Waals surface area contributed by atoms with Crippen LogP contribution >= 0.6 is 0 Å². The third kappa shape index (κ3) is 5.30. The van der Waals surface area contributed by atoms with Crippen molar-refractivity contribution in [2.24, 2.45) is 17.3 Å². The molecule has 2 aliphatic carbocycles. The first kappa shape index (κ1) is 26.6. The molecule has 2 aromatic rings. The Hall–Kier alpha value is -2.02. The number of benzene rings is 1. The summed E-state index contributed by atoms with van der Waals surface area (Å²) in [4.78, 5) is 19.2. The van der Waals surface area contributed by atoms with Crippen molar-refractivity contribution in [3.8, 4) is 0 Å². The van der Waals surface area contributed by atoms with Crippen molar-refractivity contribution < 1.29 is 22.7 Å². The van der Waals surface area contributed by atoms with Gasteiger partial charge in [-0.25, -0.2) is 0 Å². The van der Waals surface area contributed by atoms with Crippen LogP contribution < -0.4 is 0 Å². The van der Waals surface area contributed by atoms with Crippen LogP contribution in [0.2, 0.25) is 0 Å². The lowest BCUT2D eigenvalue weighted by molar-refractivity contribution is -0.171. The first-order valence-corrected chi connectivity index (χ1v) is 14.0. The van der Waals surface area contributed by atoms with E-state index in [1.54, 1.807) is 6.07 Å². The molecule has 1 aromatic heterocycles. The van der Waals surface area contributed by atoms with Crippen molar-refractivity contribution in [3.05, 3.63) is 35.0 Å². The van der Waals surface area contributed by atoms with Crippen molar-refractivity contribution in [1.29, 1.82) is 0 Å². The van der Waals surface area contributed by atoms with Gasteiger partial charge in [-0.05, 0) is 107 Å². The summed E-state index contributed by atoms with van der Waals surface area (Å²) in [5.74, 6) is 1.08. The number of ether oxygens (including phenoxy) is 1. The number of hydrogen-bond donors (Lipinski definition) is 1. The highest BCUT2D eigenvalue weighted by Gasteiger charge is 2.44. The van der Waals surface area contributed by atoms with Gasteiger partial charge in [-0.15, -0.1) is 0 Å². The van der Waals surface area contributed by atoms with Crippen LogP contribution in [0.15, 0.2) is 18.2 Å². The van der Waals surface area contributed by atoms with E-state index in [0.29, 0.717) is 11.8 Å². The molecule has 0 radical (unpaired) electrons. The second kappa shape index (κ2) is 9.62. The van der Waals surface area contributed by atoms with Gasteiger partial charge in [-0.3, -0.25) is 4.79 Å². The Labute approximate surface area is 218 Å². The number of piperidine rings is 1. The molecule has 1 aliphatic heterocycles. The molecule has 3 atom stereocenters. The van der Waals surface area contributed by atoms with Gasteiger partial charge >= 0.3 is 12.1 Å². The van der Waals surface area contributed by atoms with Crippen LogP contribution in [0.3, 0.4) is 0 Å². The zero-order valence-corrected chi connectivity index (χ0v) is 22.6. The summed E-state index contributed by atoms with van der Waals surface area (Å²) >= 11 is 0. The lowest BCUT2D eigenvalue weighted by Crippen LogP contribution is -2.47. The summed E-state index contributed by atoms with van der Waals surface area (Å²) in [7, 11) is 0. The predicted molar refractivity (Wildman–Crippen MR) is 139 cm³/mol. The Bertz CT molecular complexity index is 1140. The molecule has 204 valence electrons. The molecule has 2 fully saturated rings. The highest BCUT2D eigenvalue weighted by atomic mass is 19.4. The lowest BCUT2D eigenvalue weighted by Gasteiger charge is -2.46. The van der Waals surface area contributed by atoms with Gasteiger partial charge in [0.05, 0.1) is 11.0 Å². The molecule has 0 spiro atoms. The van der Waals surface area contributed by atoms with Gasteiger partial charge in [0.2, 0.25) is 0 Å². The molecule has 1 saturated carbocycles. The number of rotatable bonds is 4. The second-order valence-electron chi connectivity index (χ2n) is 12.9. The number of carbonyl (C=O) groups excluding carboxylic acids is 1. The predicted octanol–water partition coefficient (Wildman–Crippen LogP) is 7.47. The maximum absolute atomic E-state index is 13.5. The average Bonchev–Trinajstić information content (AvgIpc) is 3.19. The average molecular weight is 519 g/mol. The molecule has 0 amide bonds. The van der Waals surface area contributed by atoms with E-state index in [2.05, 4.69) is 16.8 Å². The summed E-state index contributed by atoms with van der Waals surface area (Å²) in [5, 5.41) is 0.742. The molecule has 3 aliphatic rings. The topological polar surface area (TPSA) is 45.3 Å². The van der Waals surface area contributed by atoms with Gasteiger partial charge in [0, 0.05) is 23.1 Å². The van der Waals surface area contributed by atoms with Crippen LogP contribution in [0.5, 0.6) is 0 Å². The fourth-order valence-corrected chi connectivity index (χ4v) is 7.24. The molecule has 1 aromatic carbocycles. The van der Waals surface area contributed by atoms with Gasteiger partial charge < -0.3 is 14.6 Å². The van der Waals surface area contributed by atoms with Crippen molar-refractivity contribution in [2.45, 2.75) is 96.8 Å². The van der Waals surface area contributed by atoms with Gasteiger partial charge in [-0.1, -0.05) is 26.2 Å². The van der Waals surface area contributed by atoms with Crippen molar-refractivity contribution in [2.75, 3.05) is 19.6 Å². The number of halogens is 3. The van der Waals surface area contributed by atoms with E-state index in [0.717, 1.165) is 86.7 Å². The van der Waals surface area contributed by atoms with Crippen molar-refractivity contribution >= 4 is 16.9 Å². The SMILES string of the molecule is C[C@H]1Cc2[nH]c3ccc(C(F)(F)F)cc3c2[C@H]2CCN(CCC3(C(=O)OC(C)(C)C)CCCCC3)C[C@@H]21. The Balaban J connectivity index is 1.33. The van der Waals surface area contributed by atoms with E-state index in [-0.39, 0.29) is 11.9 Å². The van der Waals surface area contributed by atoms with Crippen LogP contribution in [0.25, 0.3) is 10.9 Å². The molecule has 0 unspecified atom stereocenters. The number of carbonyl (C=O) groups is 1. The summed E-state index contributed by atoms with van der Waals surface area (Å²) in [6.45, 7) is 10.8. The number of H-pyrrole nitrogens is 1. The Morgan fingerprint density at radius 2 is 1.89 bits per heavy atom. The molecule has 0 bridgehead atoms. The number of hydrogen-bond acceptors (Lipinski definition) is 3. The third-order valence-electron chi connectivity index (χ3n) is 9.17. The molecule has 7 heteroatoms. The van der Waals surface area contributed by atoms with Crippen LogP contribution in [-0.2, 0) is 22.1 Å². The summed E-state index contributed by atoms with van der Waals surface area (Å²) in [5.41, 5.74) is 1.59. The minimum absolute atomic E-state index is 0.0375. The van der Waals surface area contributed by atoms with E-state index < -0.39 is 22.8 Å². The molecule has 2 heterocycles. The van der Waals surface area contributed by atoms with E-state index in [4.69, 9.17) is 4.74 Å². The molecule has 5 rings (SSSR count). The maximum atomic E-state index is 13.5. The highest BCUT2D eigenvalue weighted by molar-refractivity contribution is 5.86. The summed E-state index contributed by atoms with van der Waals surface area (Å²) in [6, 6.07) is 4.11. The quantitative estimate of drug-likeness (QED) is 0.427. The van der Waals surface area contributed by atoms with Crippen LogP contribution in [0, 0.1) is 17.3 Å². The minimum atomic E-state index is -4.34. The molecular formula is C30H41F3N2O2. The number of aromatic amines is 1. The first-order chi connectivity index (χ1) is 17.4. The van der Waals surface area contributed by atoms with Crippen molar-refractivity contribution in [1.82, 2.24) is 9.88 Å². The second-order valence-corrected chi connectivity index (χ2v) is 12.9. The number of fused-ring (bicyclic) bond motifs is 5. The number of aromatic nitrogens is 1. The zero-order valence-electron chi connectivity index (χ0n) is 22.6. The summed E-state index contributed by atoms with van der Waals surface area (Å²) in [6.07, 6.45) is 3.41. The molecule has 1 N–H and O–H groups in total. The summed E-state index contributed by atoms with van der Waals surface area (Å²) < 4.78 is 46.3. The molecule has 4 nitrogen and oxygen atoms in total. The zero-order chi connectivity index (χ0) is 26.6. The standard InChI is InChI=1S/C30H41F3N2O2/c1-19-16-25-26(22-17-20(30(31,32)33)8-9-24(22)34-25)21-10-14-35(18-23(19)21)15-13-29(11-6-5-7-12-29)27(36)37-28(2,3)4/h8-9,17,19,21,23,34H,5-7,10-16,18H2,1-4H3/t19-,21-,23+/m0/s1. The van der Waals surface area contributed by atoms with Crippen LogP contribution in [0.1, 0.15) is 95.4 Å². The fourth-order valence-electron chi connectivity index (χ4n) is 7.24. The van der Waals surface area contributed by atoms with Gasteiger partial charge in [0.25, 0.3) is 0 Å². The van der Waals surface area contributed by atoms with E-state index in [1.165, 1.54) is 18.6 Å². The van der Waals surface area contributed by atoms with Gasteiger partial charge in [0.1, 0.15) is 5.60 Å². The smallest absolute Gasteiger partial charge is 0.416 e. The monoisotopic (exact) mass is 518 g/mol. The third-order valence-corrected chi connectivity index (χ3v) is 9.17. The number of nitrogens with zero attached hydrogens (tertiary/aromatic N) is 1. The molecule has 1 saturated heterocycles. The Morgan fingerprint density at radius 3 is 2.57 bits per heavy atom. The number of likely N-dealkylation sites (tertiary alicyclic amines) is 1.